The summed E-state index contributed by atoms with van der Waals surface area (Å²) in [5.74, 6) is 0.397. The van der Waals surface area contributed by atoms with Crippen molar-refractivity contribution in [3.8, 4) is 11.5 Å². The van der Waals surface area contributed by atoms with E-state index in [-0.39, 0.29) is 18.4 Å². The molecule has 1 saturated heterocycles. The van der Waals surface area contributed by atoms with E-state index < -0.39 is 0 Å². The van der Waals surface area contributed by atoms with Gasteiger partial charge in [0.1, 0.15) is 0 Å². The van der Waals surface area contributed by atoms with Crippen LogP contribution in [-0.2, 0) is 9.59 Å². The molecule has 1 fully saturated rings. The number of para-hydroxylation sites is 1. The predicted molar refractivity (Wildman–Crippen MR) is 155 cm³/mol. The molecule has 0 spiro atoms. The Morgan fingerprint density at radius 3 is 2.59 bits per heavy atom. The van der Waals surface area contributed by atoms with Crippen LogP contribution in [0.5, 0.6) is 11.5 Å². The molecule has 1 heterocycles. The van der Waals surface area contributed by atoms with Gasteiger partial charge in [0.05, 0.1) is 17.2 Å². The summed E-state index contributed by atoms with van der Waals surface area (Å²) in [5.41, 5.74) is 4.02. The van der Waals surface area contributed by atoms with Crippen molar-refractivity contribution in [2.24, 2.45) is 0 Å². The minimum Gasteiger partial charge on any atom is -0.490 e. The van der Waals surface area contributed by atoms with Gasteiger partial charge in [-0.2, -0.15) is 0 Å². The third-order valence-electron chi connectivity index (χ3n) is 5.55. The summed E-state index contributed by atoms with van der Waals surface area (Å²) in [4.78, 5) is 27.7. The van der Waals surface area contributed by atoms with Gasteiger partial charge in [-0.05, 0) is 73.9 Å². The van der Waals surface area contributed by atoms with Crippen LogP contribution in [0.3, 0.4) is 0 Å². The maximum Gasteiger partial charge on any atom is 0.270 e. The predicted octanol–water partition coefficient (Wildman–Crippen LogP) is 6.78. The van der Waals surface area contributed by atoms with Crippen molar-refractivity contribution in [1.29, 1.82) is 0 Å². The first kappa shape index (κ1) is 26.7. The number of halogens is 1. The second kappa shape index (κ2) is 11.8. The number of thiocarbonyl (C=S) groups is 1. The smallest absolute Gasteiger partial charge is 0.270 e. The summed E-state index contributed by atoms with van der Waals surface area (Å²) >= 11 is 12.8. The molecule has 1 N–H and O–H groups in total. The van der Waals surface area contributed by atoms with Crippen molar-refractivity contribution in [2.45, 2.75) is 20.8 Å². The Morgan fingerprint density at radius 2 is 1.84 bits per heavy atom. The van der Waals surface area contributed by atoms with Gasteiger partial charge in [-0.25, -0.2) is 0 Å². The Hall–Kier alpha value is -3.33. The van der Waals surface area contributed by atoms with Crippen molar-refractivity contribution in [3.63, 3.8) is 0 Å². The number of anilines is 2. The number of ether oxygens (including phenoxy) is 2. The second-order valence-electron chi connectivity index (χ2n) is 8.24. The SMILES string of the molecule is CCOc1cc(/C=C2\SC(=S)N(c3ccccc3C)C2=O)ccc1OCC(=O)Nc1cc(Cl)ccc1C. The molecule has 3 aromatic rings. The van der Waals surface area contributed by atoms with Crippen molar-refractivity contribution >= 4 is 69.2 Å². The average Bonchev–Trinajstić information content (AvgIpc) is 3.14. The number of hydrogen-bond donors (Lipinski definition) is 1. The maximum atomic E-state index is 13.2. The van der Waals surface area contributed by atoms with E-state index in [1.54, 1.807) is 41.3 Å². The molecule has 0 aliphatic carbocycles. The summed E-state index contributed by atoms with van der Waals surface area (Å²) in [5, 5.41) is 3.34. The number of nitrogens with zero attached hydrogens (tertiary/aromatic N) is 1. The van der Waals surface area contributed by atoms with Crippen molar-refractivity contribution < 1.29 is 19.1 Å². The Balaban J connectivity index is 1.49. The molecule has 0 unspecified atom stereocenters. The fraction of sp³-hybridized carbons (Fsp3) is 0.179. The van der Waals surface area contributed by atoms with E-state index in [4.69, 9.17) is 33.3 Å². The zero-order valence-corrected chi connectivity index (χ0v) is 22.9. The van der Waals surface area contributed by atoms with Crippen LogP contribution in [0.1, 0.15) is 23.6 Å². The minimum absolute atomic E-state index is 0.171. The van der Waals surface area contributed by atoms with Gasteiger partial charge in [-0.1, -0.05) is 65.9 Å². The lowest BCUT2D eigenvalue weighted by molar-refractivity contribution is -0.118. The largest absolute Gasteiger partial charge is 0.490 e. The molecule has 0 atom stereocenters. The molecule has 190 valence electrons. The van der Waals surface area contributed by atoms with Crippen LogP contribution >= 0.6 is 35.6 Å². The number of hydrogen-bond acceptors (Lipinski definition) is 6. The third kappa shape index (κ3) is 6.33. The molecule has 1 aliphatic rings. The van der Waals surface area contributed by atoms with Gasteiger partial charge in [0.25, 0.3) is 11.8 Å². The number of carbonyl (C=O) groups excluding carboxylic acids is 2. The molecular formula is C28H25ClN2O4S2. The van der Waals surface area contributed by atoms with Gasteiger partial charge < -0.3 is 14.8 Å². The average molecular weight is 553 g/mol. The second-order valence-corrected chi connectivity index (χ2v) is 10.4. The van der Waals surface area contributed by atoms with Crippen molar-refractivity contribution in [3.05, 3.63) is 87.3 Å². The van der Waals surface area contributed by atoms with E-state index >= 15 is 0 Å². The highest BCUT2D eigenvalue weighted by Gasteiger charge is 2.34. The first-order valence-electron chi connectivity index (χ1n) is 11.6. The molecule has 3 aromatic carbocycles. The molecule has 9 heteroatoms. The molecule has 0 bridgehead atoms. The lowest BCUT2D eigenvalue weighted by atomic mass is 10.1. The van der Waals surface area contributed by atoms with Crippen LogP contribution in [0.15, 0.2) is 65.6 Å². The number of thioether (sulfide) groups is 1. The van der Waals surface area contributed by atoms with Crippen molar-refractivity contribution in [2.75, 3.05) is 23.4 Å². The summed E-state index contributed by atoms with van der Waals surface area (Å²) in [6.45, 7) is 5.89. The Kier molecular flexibility index (Phi) is 8.53. The maximum absolute atomic E-state index is 13.2. The molecule has 37 heavy (non-hydrogen) atoms. The van der Waals surface area contributed by atoms with Gasteiger partial charge in [0, 0.05) is 10.7 Å². The van der Waals surface area contributed by atoms with E-state index in [1.807, 2.05) is 51.1 Å². The molecule has 0 aromatic heterocycles. The first-order valence-corrected chi connectivity index (χ1v) is 13.2. The highest BCUT2D eigenvalue weighted by atomic mass is 35.5. The Morgan fingerprint density at radius 1 is 1.05 bits per heavy atom. The number of benzene rings is 3. The van der Waals surface area contributed by atoms with Gasteiger partial charge in [0.15, 0.2) is 22.4 Å². The lowest BCUT2D eigenvalue weighted by Crippen LogP contribution is -2.28. The van der Waals surface area contributed by atoms with Crippen LogP contribution in [0.4, 0.5) is 11.4 Å². The lowest BCUT2D eigenvalue weighted by Gasteiger charge is -2.16. The summed E-state index contributed by atoms with van der Waals surface area (Å²) < 4.78 is 12.0. The first-order chi connectivity index (χ1) is 17.8. The zero-order chi connectivity index (χ0) is 26.5. The van der Waals surface area contributed by atoms with E-state index in [0.29, 0.717) is 38.0 Å². The van der Waals surface area contributed by atoms with Crippen LogP contribution in [-0.4, -0.2) is 29.3 Å². The molecule has 0 saturated carbocycles. The standard InChI is InChI=1S/C28H25ClN2O4S2/c1-4-34-24-13-19(14-25-27(33)31(28(36)37-25)22-8-6-5-7-18(22)3)10-12-23(24)35-16-26(32)30-21-15-20(29)11-9-17(21)2/h5-15H,4,16H2,1-3H3,(H,30,32)/b25-14-. The normalized spacial score (nSPS) is 14.3. The monoisotopic (exact) mass is 552 g/mol. The highest BCUT2D eigenvalue weighted by molar-refractivity contribution is 8.27. The van der Waals surface area contributed by atoms with Crippen LogP contribution < -0.4 is 19.7 Å². The topological polar surface area (TPSA) is 67.9 Å². The van der Waals surface area contributed by atoms with Crippen molar-refractivity contribution in [1.82, 2.24) is 0 Å². The fourth-order valence-electron chi connectivity index (χ4n) is 3.70. The summed E-state index contributed by atoms with van der Waals surface area (Å²) in [7, 11) is 0. The van der Waals surface area contributed by atoms with Crippen LogP contribution in [0.2, 0.25) is 5.02 Å². The Labute approximate surface area is 230 Å². The van der Waals surface area contributed by atoms with Gasteiger partial charge in [-0.15, -0.1) is 0 Å². The van der Waals surface area contributed by atoms with E-state index in [1.165, 1.54) is 11.8 Å². The van der Waals surface area contributed by atoms with Crippen LogP contribution in [0.25, 0.3) is 6.08 Å². The van der Waals surface area contributed by atoms with E-state index in [2.05, 4.69) is 5.32 Å². The number of amides is 2. The summed E-state index contributed by atoms with van der Waals surface area (Å²) in [6, 6.07) is 18.2. The number of rotatable bonds is 8. The molecule has 4 rings (SSSR count). The third-order valence-corrected chi connectivity index (χ3v) is 7.09. The molecule has 0 radical (unpaired) electrons. The fourth-order valence-corrected chi connectivity index (χ4v) is 5.16. The van der Waals surface area contributed by atoms with Gasteiger partial charge in [0.2, 0.25) is 0 Å². The van der Waals surface area contributed by atoms with E-state index in [0.717, 1.165) is 22.4 Å². The number of nitrogens with one attached hydrogen (secondary N) is 1. The van der Waals surface area contributed by atoms with Gasteiger partial charge in [-0.3, -0.25) is 14.5 Å². The molecule has 6 nitrogen and oxygen atoms in total. The highest BCUT2D eigenvalue weighted by Crippen LogP contribution is 2.38. The molecular weight excluding hydrogens is 528 g/mol. The van der Waals surface area contributed by atoms with Gasteiger partial charge >= 0.3 is 0 Å². The number of aryl methyl sites for hydroxylation is 2. The van der Waals surface area contributed by atoms with Crippen LogP contribution in [0, 0.1) is 13.8 Å². The molecule has 1 aliphatic heterocycles. The molecule has 2 amide bonds. The summed E-state index contributed by atoms with van der Waals surface area (Å²) in [6.07, 6.45) is 1.78. The minimum atomic E-state index is -0.322. The number of carbonyl (C=O) groups is 2. The van der Waals surface area contributed by atoms with E-state index in [9.17, 15) is 9.59 Å². The quantitative estimate of drug-likeness (QED) is 0.245. The zero-order valence-electron chi connectivity index (χ0n) is 20.5. The Bertz CT molecular complexity index is 1410.